The van der Waals surface area contributed by atoms with Crippen LogP contribution < -0.4 is 11.5 Å². The van der Waals surface area contributed by atoms with Crippen LogP contribution in [0.1, 0.15) is 32.7 Å². The maximum Gasteiger partial charge on any atom is 0.337 e. The van der Waals surface area contributed by atoms with E-state index in [1.807, 2.05) is 0 Å². The predicted octanol–water partition coefficient (Wildman–Crippen LogP) is 1.16. The van der Waals surface area contributed by atoms with Crippen molar-refractivity contribution in [2.45, 2.75) is 24.5 Å². The summed E-state index contributed by atoms with van der Waals surface area (Å²) < 4.78 is 4.81. The van der Waals surface area contributed by atoms with Crippen LogP contribution in [0.5, 0.6) is 5.75 Å². The van der Waals surface area contributed by atoms with Crippen molar-refractivity contribution in [1.82, 2.24) is 4.90 Å². The number of likely N-dealkylation sites (N-methyl/N-ethyl adjacent to an activating group) is 1. The van der Waals surface area contributed by atoms with Gasteiger partial charge in [-0.25, -0.2) is 4.79 Å². The van der Waals surface area contributed by atoms with Crippen LogP contribution in [0, 0.1) is 11.8 Å². The third-order valence-electron chi connectivity index (χ3n) is 8.29. The number of nitrogens with zero attached hydrogens (tertiary/aromatic N) is 1. The number of anilines is 1. The number of esters is 1. The second-order valence-corrected chi connectivity index (χ2v) is 10.8. The summed E-state index contributed by atoms with van der Waals surface area (Å²) in [6.07, 6.45) is 0.0336. The Bertz CT molecular complexity index is 1620. The number of phenolic OH excluding ortho intramolecular Hbond substituents is 1. The summed E-state index contributed by atoms with van der Waals surface area (Å²) in [4.78, 5) is 53.1. The number of rotatable bonds is 4. The highest BCUT2D eigenvalue weighted by Gasteiger charge is 2.63. The lowest BCUT2D eigenvalue weighted by Gasteiger charge is -2.50. The molecule has 5 rings (SSSR count). The van der Waals surface area contributed by atoms with E-state index >= 15 is 0 Å². The van der Waals surface area contributed by atoms with Crippen molar-refractivity contribution < 1.29 is 44.3 Å². The van der Waals surface area contributed by atoms with E-state index < -0.39 is 69.8 Å². The second kappa shape index (κ2) is 9.46. The van der Waals surface area contributed by atoms with Crippen LogP contribution in [-0.4, -0.2) is 81.6 Å². The first-order valence-corrected chi connectivity index (χ1v) is 12.7. The molecule has 0 aliphatic heterocycles. The molecule has 3 aliphatic rings. The minimum atomic E-state index is -2.72. The molecule has 0 radical (unpaired) electrons. The zero-order valence-electron chi connectivity index (χ0n) is 22.5. The number of nitrogen functional groups attached to an aromatic ring is 1. The fraction of sp³-hybridized carbons (Fsp3) is 0.310. The molecular weight excluding hydrogens is 534 g/mol. The first kappa shape index (κ1) is 27.9. The SMILES string of the molecule is COC(=O)c1cc(N)cc(-c2ccc(O)c3c2C[C@H]2C[C@H]4[C@H](N(C)C)C(O)=C(C(N)=O)C(=O)[C@@]4(O)C(O)=C2C3=O)c1. The second-order valence-electron chi connectivity index (χ2n) is 10.8. The number of Topliss-reactive ketones (excluding diaryl/α,β-unsaturated/α-hetero) is 2. The number of benzene rings is 2. The third kappa shape index (κ3) is 3.90. The van der Waals surface area contributed by atoms with Crippen molar-refractivity contribution in [2.24, 2.45) is 17.6 Å². The first-order valence-electron chi connectivity index (χ1n) is 12.7. The lowest BCUT2D eigenvalue weighted by atomic mass is 9.58. The number of carbonyl (C=O) groups excluding carboxylic acids is 4. The third-order valence-corrected chi connectivity index (χ3v) is 8.29. The molecule has 0 aromatic heterocycles. The fourth-order valence-electron chi connectivity index (χ4n) is 6.56. The molecule has 8 N–H and O–H groups in total. The predicted molar refractivity (Wildman–Crippen MR) is 145 cm³/mol. The minimum Gasteiger partial charge on any atom is -0.510 e. The summed E-state index contributed by atoms with van der Waals surface area (Å²) in [5.74, 6) is -7.91. The summed E-state index contributed by atoms with van der Waals surface area (Å²) in [6.45, 7) is 0. The monoisotopic (exact) mass is 563 g/mol. The highest BCUT2D eigenvalue weighted by molar-refractivity contribution is 6.25. The van der Waals surface area contributed by atoms with E-state index in [1.165, 1.54) is 30.2 Å². The molecule has 0 saturated heterocycles. The van der Waals surface area contributed by atoms with Crippen molar-refractivity contribution in [1.29, 1.82) is 0 Å². The Morgan fingerprint density at radius 2 is 1.78 bits per heavy atom. The number of hydrogen-bond donors (Lipinski definition) is 6. The van der Waals surface area contributed by atoms with Crippen molar-refractivity contribution in [2.75, 3.05) is 26.9 Å². The van der Waals surface area contributed by atoms with Crippen molar-refractivity contribution >= 4 is 29.1 Å². The number of aliphatic hydroxyl groups excluding tert-OH is 2. The molecule has 1 amide bonds. The van der Waals surface area contributed by atoms with Gasteiger partial charge in [-0.3, -0.25) is 19.3 Å². The van der Waals surface area contributed by atoms with Gasteiger partial charge in [0.2, 0.25) is 5.78 Å². The van der Waals surface area contributed by atoms with Gasteiger partial charge in [0.15, 0.2) is 11.4 Å². The molecule has 0 heterocycles. The van der Waals surface area contributed by atoms with Crippen LogP contribution >= 0.6 is 0 Å². The van der Waals surface area contributed by atoms with Gasteiger partial charge in [0.1, 0.15) is 22.8 Å². The Balaban J connectivity index is 1.72. The van der Waals surface area contributed by atoms with Gasteiger partial charge in [-0.2, -0.15) is 0 Å². The Kier molecular flexibility index (Phi) is 6.43. The maximum absolute atomic E-state index is 13.9. The number of fused-ring (bicyclic) bond motifs is 3. The van der Waals surface area contributed by atoms with E-state index in [9.17, 15) is 39.6 Å². The number of primary amides is 1. The molecule has 0 fully saturated rings. The van der Waals surface area contributed by atoms with E-state index in [4.69, 9.17) is 16.2 Å². The summed E-state index contributed by atoms with van der Waals surface area (Å²) in [6, 6.07) is 6.34. The zero-order chi connectivity index (χ0) is 30.1. The van der Waals surface area contributed by atoms with Crippen LogP contribution in [0.4, 0.5) is 5.69 Å². The van der Waals surface area contributed by atoms with Crippen LogP contribution in [-0.2, 0) is 20.7 Å². The number of carbonyl (C=O) groups is 4. The molecular formula is C29H29N3O9. The van der Waals surface area contributed by atoms with Gasteiger partial charge in [-0.15, -0.1) is 0 Å². The Morgan fingerprint density at radius 3 is 2.39 bits per heavy atom. The number of phenols is 1. The molecule has 0 saturated carbocycles. The van der Waals surface area contributed by atoms with Crippen molar-refractivity contribution in [3.8, 4) is 16.9 Å². The number of methoxy groups -OCH3 is 1. The number of aliphatic hydroxyl groups is 3. The van der Waals surface area contributed by atoms with Crippen LogP contribution in [0.3, 0.4) is 0 Å². The van der Waals surface area contributed by atoms with Gasteiger partial charge in [0, 0.05) is 17.2 Å². The average Bonchev–Trinajstić information content (AvgIpc) is 2.89. The van der Waals surface area contributed by atoms with E-state index in [1.54, 1.807) is 26.2 Å². The molecule has 214 valence electrons. The van der Waals surface area contributed by atoms with Crippen molar-refractivity contribution in [3.05, 3.63) is 69.7 Å². The minimum absolute atomic E-state index is 0.0504. The zero-order valence-corrected chi connectivity index (χ0v) is 22.5. The summed E-state index contributed by atoms with van der Waals surface area (Å²) in [5.41, 5.74) is 9.21. The number of amides is 1. The van der Waals surface area contributed by atoms with Gasteiger partial charge in [-0.1, -0.05) is 6.07 Å². The molecule has 0 bridgehead atoms. The molecule has 12 nitrogen and oxygen atoms in total. The molecule has 4 atom stereocenters. The number of ether oxygens (including phenoxy) is 1. The Labute approximate surface area is 234 Å². The Hall–Kier alpha value is -4.68. The Morgan fingerprint density at radius 1 is 1.10 bits per heavy atom. The smallest absolute Gasteiger partial charge is 0.337 e. The van der Waals surface area contributed by atoms with E-state index in [0.717, 1.165) is 0 Å². The number of ketones is 2. The standard InChI is InChI=1S/C29H29N3O9/c1-32(2)22-17-10-12-9-16-15(11-6-13(28(39)41-3)8-14(30)7-11)4-5-18(33)20(16)23(34)19(12)25(36)29(17,40)26(37)21(24(22)35)27(31)38/h4-8,12,17,22,33,35-36,40H,9-10,30H2,1-3H3,(H2,31,38)/t12-,17-,22-,29-/m0/s1. The first-order chi connectivity index (χ1) is 19.2. The number of hydrogen-bond acceptors (Lipinski definition) is 11. The molecule has 3 aliphatic carbocycles. The summed E-state index contributed by atoms with van der Waals surface area (Å²) in [7, 11) is 4.34. The van der Waals surface area contributed by atoms with Gasteiger partial charge in [-0.05, 0) is 73.8 Å². The molecule has 12 heteroatoms. The van der Waals surface area contributed by atoms with E-state index in [0.29, 0.717) is 16.7 Å². The highest BCUT2D eigenvalue weighted by Crippen LogP contribution is 2.53. The molecule has 0 unspecified atom stereocenters. The van der Waals surface area contributed by atoms with Crippen LogP contribution in [0.2, 0.25) is 0 Å². The lowest BCUT2D eigenvalue weighted by molar-refractivity contribution is -0.148. The van der Waals surface area contributed by atoms with Crippen LogP contribution in [0.25, 0.3) is 11.1 Å². The number of nitrogens with two attached hydrogens (primary N) is 2. The molecule has 41 heavy (non-hydrogen) atoms. The van der Waals surface area contributed by atoms with Gasteiger partial charge >= 0.3 is 5.97 Å². The largest absolute Gasteiger partial charge is 0.510 e. The van der Waals surface area contributed by atoms with Gasteiger partial charge in [0.05, 0.1) is 24.3 Å². The lowest BCUT2D eigenvalue weighted by Crippen LogP contribution is -2.63. The average molecular weight is 564 g/mol. The number of aromatic hydroxyl groups is 1. The van der Waals surface area contributed by atoms with Gasteiger partial charge < -0.3 is 36.6 Å². The molecule has 2 aromatic rings. The maximum atomic E-state index is 13.9. The van der Waals surface area contributed by atoms with E-state index in [-0.39, 0.29) is 35.2 Å². The molecule has 0 spiro atoms. The van der Waals surface area contributed by atoms with Crippen molar-refractivity contribution in [3.63, 3.8) is 0 Å². The quantitative estimate of drug-likeness (QED) is 0.176. The number of allylic oxidation sites excluding steroid dienone is 1. The topological polar surface area (TPSA) is 214 Å². The fourth-order valence-corrected chi connectivity index (χ4v) is 6.56. The molecule has 2 aromatic carbocycles. The van der Waals surface area contributed by atoms with Gasteiger partial charge in [0.25, 0.3) is 5.91 Å². The highest BCUT2D eigenvalue weighted by atomic mass is 16.5. The van der Waals surface area contributed by atoms with Crippen LogP contribution in [0.15, 0.2) is 53.0 Å². The summed E-state index contributed by atoms with van der Waals surface area (Å²) >= 11 is 0. The normalized spacial score (nSPS) is 25.5. The summed E-state index contributed by atoms with van der Waals surface area (Å²) in [5, 5.41) is 44.8. The van der Waals surface area contributed by atoms with E-state index in [2.05, 4.69) is 0 Å².